The average molecular weight is 219 g/mol. The Labute approximate surface area is 88.4 Å². The van der Waals surface area contributed by atoms with E-state index in [9.17, 15) is 4.39 Å². The first-order valence-electron chi connectivity index (χ1n) is 4.35. The van der Waals surface area contributed by atoms with Crippen molar-refractivity contribution in [2.45, 2.75) is 0 Å². The van der Waals surface area contributed by atoms with Gasteiger partial charge in [0.1, 0.15) is 5.52 Å². The van der Waals surface area contributed by atoms with Crippen LogP contribution >= 0.6 is 11.3 Å². The summed E-state index contributed by atoms with van der Waals surface area (Å²) in [5, 5.41) is 1.15. The molecule has 0 aliphatic carbocycles. The minimum atomic E-state index is -0.332. The normalized spacial score (nSPS) is 11.3. The number of halogens is 1. The molecule has 0 atom stereocenters. The van der Waals surface area contributed by atoms with Gasteiger partial charge in [0.15, 0.2) is 10.9 Å². The number of pyridine rings is 1. The highest BCUT2D eigenvalue weighted by atomic mass is 32.1. The van der Waals surface area contributed by atoms with Crippen LogP contribution in [-0.4, -0.2) is 9.97 Å². The number of benzene rings is 1. The number of hydrogen-bond acceptors (Lipinski definition) is 4. The number of nitrogens with two attached hydrogens (primary N) is 1. The number of nitrogens with zero attached hydrogens (tertiary/aromatic N) is 2. The van der Waals surface area contributed by atoms with Crippen molar-refractivity contribution < 1.29 is 4.39 Å². The molecule has 0 spiro atoms. The second-order valence-electron chi connectivity index (χ2n) is 3.16. The van der Waals surface area contributed by atoms with E-state index in [-0.39, 0.29) is 5.82 Å². The second-order valence-corrected chi connectivity index (χ2v) is 4.22. The van der Waals surface area contributed by atoms with Gasteiger partial charge in [-0.25, -0.2) is 9.37 Å². The van der Waals surface area contributed by atoms with E-state index >= 15 is 0 Å². The Bertz CT molecular complexity index is 662. The fourth-order valence-corrected chi connectivity index (χ4v) is 2.39. The van der Waals surface area contributed by atoms with E-state index in [1.807, 2.05) is 0 Å². The third-order valence-corrected chi connectivity index (χ3v) is 3.05. The van der Waals surface area contributed by atoms with E-state index in [0.29, 0.717) is 16.0 Å². The monoisotopic (exact) mass is 219 g/mol. The van der Waals surface area contributed by atoms with Crippen LogP contribution < -0.4 is 5.73 Å². The molecule has 0 aliphatic heterocycles. The molecule has 0 aliphatic rings. The topological polar surface area (TPSA) is 51.8 Å². The van der Waals surface area contributed by atoms with Crippen molar-refractivity contribution in [2.75, 3.05) is 5.73 Å². The number of aromatic nitrogens is 2. The van der Waals surface area contributed by atoms with E-state index in [0.717, 1.165) is 10.2 Å². The summed E-state index contributed by atoms with van der Waals surface area (Å²) < 4.78 is 14.4. The summed E-state index contributed by atoms with van der Waals surface area (Å²) in [6, 6.07) is 4.99. The number of thiazole rings is 1. The van der Waals surface area contributed by atoms with Gasteiger partial charge >= 0.3 is 0 Å². The van der Waals surface area contributed by atoms with Gasteiger partial charge in [-0.1, -0.05) is 11.3 Å². The zero-order chi connectivity index (χ0) is 10.4. The number of anilines is 1. The first-order valence-corrected chi connectivity index (χ1v) is 5.16. The lowest BCUT2D eigenvalue weighted by Gasteiger charge is -1.98. The summed E-state index contributed by atoms with van der Waals surface area (Å²) in [6.07, 6.45) is 1.56. The number of hydrogen-bond donors (Lipinski definition) is 1. The lowest BCUT2D eigenvalue weighted by Crippen LogP contribution is -1.85. The van der Waals surface area contributed by atoms with Crippen LogP contribution in [-0.2, 0) is 0 Å². The lowest BCUT2D eigenvalue weighted by atomic mass is 10.2. The standard InChI is InChI=1S/C10H6FN3S/c11-6-4-7-9(14-10(12)15-7)5-2-1-3-13-8(5)6/h1-4H,(H2,12,14). The molecule has 2 N–H and O–H groups in total. The molecule has 5 heteroatoms. The Morgan fingerprint density at radius 1 is 1.33 bits per heavy atom. The molecule has 3 rings (SSSR count). The maximum atomic E-state index is 13.6. The maximum Gasteiger partial charge on any atom is 0.181 e. The predicted molar refractivity (Wildman–Crippen MR) is 59.3 cm³/mol. The van der Waals surface area contributed by atoms with Crippen molar-refractivity contribution >= 4 is 37.6 Å². The van der Waals surface area contributed by atoms with Crippen LogP contribution in [0.2, 0.25) is 0 Å². The van der Waals surface area contributed by atoms with Crippen molar-refractivity contribution in [1.82, 2.24) is 9.97 Å². The SMILES string of the molecule is Nc1nc2c(cc(F)c3ncccc32)s1. The smallest absolute Gasteiger partial charge is 0.181 e. The van der Waals surface area contributed by atoms with Crippen LogP contribution in [0, 0.1) is 5.82 Å². The van der Waals surface area contributed by atoms with Crippen molar-refractivity contribution in [3.05, 3.63) is 30.2 Å². The Morgan fingerprint density at radius 2 is 2.20 bits per heavy atom. The van der Waals surface area contributed by atoms with Crippen LogP contribution in [0.25, 0.3) is 21.1 Å². The van der Waals surface area contributed by atoms with E-state index in [2.05, 4.69) is 9.97 Å². The van der Waals surface area contributed by atoms with Crippen molar-refractivity contribution in [1.29, 1.82) is 0 Å². The van der Waals surface area contributed by atoms with Gasteiger partial charge in [0, 0.05) is 11.6 Å². The van der Waals surface area contributed by atoms with Gasteiger partial charge in [0.05, 0.1) is 10.2 Å². The molecule has 0 amide bonds. The number of nitrogen functional groups attached to an aromatic ring is 1. The summed E-state index contributed by atoms with van der Waals surface area (Å²) in [5.41, 5.74) is 6.66. The minimum absolute atomic E-state index is 0.332. The van der Waals surface area contributed by atoms with Gasteiger partial charge in [0.2, 0.25) is 0 Å². The van der Waals surface area contributed by atoms with Gasteiger partial charge in [-0.15, -0.1) is 0 Å². The van der Waals surface area contributed by atoms with Crippen LogP contribution in [0.4, 0.5) is 9.52 Å². The summed E-state index contributed by atoms with van der Waals surface area (Å²) >= 11 is 1.28. The molecule has 0 bridgehead atoms. The summed E-state index contributed by atoms with van der Waals surface area (Å²) in [4.78, 5) is 8.16. The third-order valence-electron chi connectivity index (χ3n) is 2.22. The molecule has 0 saturated carbocycles. The summed E-state index contributed by atoms with van der Waals surface area (Å²) in [7, 11) is 0. The summed E-state index contributed by atoms with van der Waals surface area (Å²) in [6.45, 7) is 0. The molecule has 74 valence electrons. The first-order chi connectivity index (χ1) is 7.25. The van der Waals surface area contributed by atoms with Gasteiger partial charge in [0.25, 0.3) is 0 Å². The van der Waals surface area contributed by atoms with Crippen LogP contribution in [0.15, 0.2) is 24.4 Å². The minimum Gasteiger partial charge on any atom is -0.375 e. The molecule has 3 nitrogen and oxygen atoms in total. The molecular weight excluding hydrogens is 213 g/mol. The Balaban J connectivity index is 2.62. The highest BCUT2D eigenvalue weighted by Gasteiger charge is 2.10. The van der Waals surface area contributed by atoms with E-state index in [1.54, 1.807) is 18.3 Å². The van der Waals surface area contributed by atoms with Gasteiger partial charge < -0.3 is 5.73 Å². The summed E-state index contributed by atoms with van der Waals surface area (Å²) in [5.74, 6) is -0.332. The van der Waals surface area contributed by atoms with E-state index in [4.69, 9.17) is 5.73 Å². The van der Waals surface area contributed by atoms with Gasteiger partial charge in [-0.3, -0.25) is 4.98 Å². The zero-order valence-corrected chi connectivity index (χ0v) is 8.38. The predicted octanol–water partition coefficient (Wildman–Crippen LogP) is 2.57. The fraction of sp³-hybridized carbons (Fsp3) is 0. The third kappa shape index (κ3) is 1.16. The molecule has 0 radical (unpaired) electrons. The second kappa shape index (κ2) is 2.87. The van der Waals surface area contributed by atoms with Crippen LogP contribution in [0.1, 0.15) is 0 Å². The van der Waals surface area contributed by atoms with Crippen molar-refractivity contribution in [2.24, 2.45) is 0 Å². The molecule has 1 aromatic carbocycles. The zero-order valence-electron chi connectivity index (χ0n) is 7.57. The van der Waals surface area contributed by atoms with Crippen molar-refractivity contribution in [3.63, 3.8) is 0 Å². The first kappa shape index (κ1) is 8.55. The Hall–Kier alpha value is -1.75. The molecule has 2 heterocycles. The van der Waals surface area contributed by atoms with Gasteiger partial charge in [-0.05, 0) is 18.2 Å². The average Bonchev–Trinajstić information content (AvgIpc) is 2.59. The molecule has 0 unspecified atom stereocenters. The highest BCUT2D eigenvalue weighted by Crippen LogP contribution is 2.31. The molecule has 3 aromatic rings. The quantitative estimate of drug-likeness (QED) is 0.632. The molecular formula is C10H6FN3S. The molecule has 15 heavy (non-hydrogen) atoms. The Kier molecular flexibility index (Phi) is 1.63. The maximum absolute atomic E-state index is 13.6. The highest BCUT2D eigenvalue weighted by molar-refractivity contribution is 7.22. The molecule has 2 aromatic heterocycles. The van der Waals surface area contributed by atoms with E-state index in [1.165, 1.54) is 17.4 Å². The van der Waals surface area contributed by atoms with Gasteiger partial charge in [-0.2, -0.15) is 0 Å². The molecule has 0 fully saturated rings. The number of rotatable bonds is 0. The Morgan fingerprint density at radius 3 is 3.07 bits per heavy atom. The molecule has 0 saturated heterocycles. The van der Waals surface area contributed by atoms with Crippen LogP contribution in [0.5, 0.6) is 0 Å². The lowest BCUT2D eigenvalue weighted by molar-refractivity contribution is 0.638. The van der Waals surface area contributed by atoms with E-state index < -0.39 is 0 Å². The fourth-order valence-electron chi connectivity index (χ4n) is 1.61. The van der Waals surface area contributed by atoms with Crippen LogP contribution in [0.3, 0.4) is 0 Å². The van der Waals surface area contributed by atoms with Crippen molar-refractivity contribution in [3.8, 4) is 0 Å². The largest absolute Gasteiger partial charge is 0.375 e. The number of fused-ring (bicyclic) bond motifs is 3.